The third-order valence-corrected chi connectivity index (χ3v) is 5.68. The van der Waals surface area contributed by atoms with E-state index in [2.05, 4.69) is 22.1 Å². The Bertz CT molecular complexity index is 417. The molecule has 5 heteroatoms. The van der Waals surface area contributed by atoms with Crippen LogP contribution in [0.15, 0.2) is 4.99 Å². The molecule has 2 atom stereocenters. The van der Waals surface area contributed by atoms with Gasteiger partial charge in [-0.05, 0) is 50.9 Å². The lowest BCUT2D eigenvalue weighted by atomic mass is 9.82. The summed E-state index contributed by atoms with van der Waals surface area (Å²) in [7, 11) is 0. The summed E-state index contributed by atoms with van der Waals surface area (Å²) in [5.74, 6) is 2.82. The summed E-state index contributed by atoms with van der Waals surface area (Å²) in [5, 5.41) is 3.40. The van der Waals surface area contributed by atoms with Gasteiger partial charge < -0.3 is 15.1 Å². The van der Waals surface area contributed by atoms with Gasteiger partial charge in [-0.15, -0.1) is 0 Å². The summed E-state index contributed by atoms with van der Waals surface area (Å²) in [4.78, 5) is 21.4. The monoisotopic (exact) mass is 320 g/mol. The van der Waals surface area contributed by atoms with E-state index in [9.17, 15) is 4.79 Å². The molecule has 1 amide bonds. The molecular weight excluding hydrogens is 288 g/mol. The number of aliphatic imine (C=N–C) groups is 1. The summed E-state index contributed by atoms with van der Waals surface area (Å²) in [6.45, 7) is 7.34. The number of carbonyl (C=O) groups excluding carboxylic acids is 1. The molecule has 2 saturated heterocycles. The summed E-state index contributed by atoms with van der Waals surface area (Å²) in [6, 6.07) is 0. The number of fused-ring (bicyclic) bond motifs is 1. The van der Waals surface area contributed by atoms with Crippen LogP contribution in [0.2, 0.25) is 0 Å². The Morgan fingerprint density at radius 3 is 2.26 bits per heavy atom. The van der Waals surface area contributed by atoms with Crippen LogP contribution >= 0.6 is 0 Å². The smallest absolute Gasteiger partial charge is 0.244 e. The van der Waals surface area contributed by atoms with E-state index < -0.39 is 0 Å². The average molecular weight is 320 g/mol. The van der Waals surface area contributed by atoms with E-state index in [0.717, 1.165) is 63.4 Å². The Morgan fingerprint density at radius 2 is 1.65 bits per heavy atom. The van der Waals surface area contributed by atoms with Crippen molar-refractivity contribution >= 4 is 11.9 Å². The lowest BCUT2D eigenvalue weighted by Gasteiger charge is -2.26. The molecule has 2 aliphatic heterocycles. The Kier molecular flexibility index (Phi) is 5.79. The fraction of sp³-hybridized carbons (Fsp3) is 0.889. The van der Waals surface area contributed by atoms with Crippen LogP contribution in [0.1, 0.15) is 51.9 Å². The summed E-state index contributed by atoms with van der Waals surface area (Å²) >= 11 is 0. The fourth-order valence-electron chi connectivity index (χ4n) is 4.39. The molecule has 5 nitrogen and oxygen atoms in total. The number of hydrogen-bond acceptors (Lipinski definition) is 2. The van der Waals surface area contributed by atoms with Crippen molar-refractivity contribution in [2.75, 3.05) is 39.3 Å². The fourth-order valence-corrected chi connectivity index (χ4v) is 4.39. The van der Waals surface area contributed by atoms with Gasteiger partial charge in [-0.25, -0.2) is 4.99 Å². The topological polar surface area (TPSA) is 47.9 Å². The van der Waals surface area contributed by atoms with Crippen LogP contribution in [-0.2, 0) is 4.79 Å². The van der Waals surface area contributed by atoms with Gasteiger partial charge in [0.15, 0.2) is 5.96 Å². The number of hydrogen-bond donors (Lipinski definition) is 1. The molecule has 3 aliphatic rings. The van der Waals surface area contributed by atoms with Crippen LogP contribution in [0, 0.1) is 11.8 Å². The van der Waals surface area contributed by atoms with Crippen molar-refractivity contribution in [3.8, 4) is 0 Å². The Hall–Kier alpha value is -1.26. The molecule has 2 heterocycles. The van der Waals surface area contributed by atoms with Gasteiger partial charge in [-0.1, -0.05) is 12.8 Å². The second kappa shape index (κ2) is 8.02. The predicted molar refractivity (Wildman–Crippen MR) is 93.4 cm³/mol. The average Bonchev–Trinajstić information content (AvgIpc) is 3.03. The highest BCUT2D eigenvalue weighted by atomic mass is 16.2. The Morgan fingerprint density at radius 1 is 1.00 bits per heavy atom. The molecule has 0 aromatic carbocycles. The standard InChI is InChI=1S/C18H32N4O/c1-2-19-18(20-12-17(23)21-10-6-3-7-11-21)22-13-15-8-4-5-9-16(15)14-22/h15-16H,2-14H2,1H3,(H,19,20). The zero-order valence-corrected chi connectivity index (χ0v) is 14.6. The first-order valence-corrected chi connectivity index (χ1v) is 9.59. The van der Waals surface area contributed by atoms with E-state index in [0.29, 0.717) is 6.54 Å². The summed E-state index contributed by atoms with van der Waals surface area (Å²) in [5.41, 5.74) is 0. The van der Waals surface area contributed by atoms with Crippen molar-refractivity contribution < 1.29 is 4.79 Å². The van der Waals surface area contributed by atoms with E-state index in [1.54, 1.807) is 0 Å². The second-order valence-corrected chi connectivity index (χ2v) is 7.32. The molecule has 0 radical (unpaired) electrons. The largest absolute Gasteiger partial charge is 0.357 e. The zero-order valence-electron chi connectivity index (χ0n) is 14.6. The number of carbonyl (C=O) groups is 1. The van der Waals surface area contributed by atoms with Crippen molar-refractivity contribution in [2.24, 2.45) is 16.8 Å². The second-order valence-electron chi connectivity index (χ2n) is 7.32. The van der Waals surface area contributed by atoms with E-state index >= 15 is 0 Å². The van der Waals surface area contributed by atoms with Crippen LogP contribution in [0.25, 0.3) is 0 Å². The van der Waals surface area contributed by atoms with Crippen LogP contribution in [0.5, 0.6) is 0 Å². The first-order valence-electron chi connectivity index (χ1n) is 9.59. The third kappa shape index (κ3) is 4.18. The predicted octanol–water partition coefficient (Wildman–Crippen LogP) is 2.09. The van der Waals surface area contributed by atoms with Gasteiger partial charge in [0, 0.05) is 32.7 Å². The highest BCUT2D eigenvalue weighted by molar-refractivity contribution is 5.85. The molecule has 2 unspecified atom stereocenters. The van der Waals surface area contributed by atoms with Gasteiger partial charge >= 0.3 is 0 Å². The van der Waals surface area contributed by atoms with Gasteiger partial charge in [-0.3, -0.25) is 4.79 Å². The quantitative estimate of drug-likeness (QED) is 0.640. The zero-order chi connectivity index (χ0) is 16.1. The molecule has 130 valence electrons. The lowest BCUT2D eigenvalue weighted by molar-refractivity contribution is -0.130. The van der Waals surface area contributed by atoms with Gasteiger partial charge in [-0.2, -0.15) is 0 Å². The van der Waals surface area contributed by atoms with Gasteiger partial charge in [0.25, 0.3) is 0 Å². The first-order chi connectivity index (χ1) is 11.3. The van der Waals surface area contributed by atoms with Crippen LogP contribution in [-0.4, -0.2) is 60.9 Å². The molecule has 0 aromatic rings. The van der Waals surface area contributed by atoms with E-state index in [-0.39, 0.29) is 5.91 Å². The number of nitrogens with zero attached hydrogens (tertiary/aromatic N) is 3. The summed E-state index contributed by atoms with van der Waals surface area (Å²) in [6.07, 6.45) is 9.05. The third-order valence-electron chi connectivity index (χ3n) is 5.68. The van der Waals surface area contributed by atoms with Crippen molar-refractivity contribution in [3.05, 3.63) is 0 Å². The molecule has 1 saturated carbocycles. The van der Waals surface area contributed by atoms with Gasteiger partial charge in [0.2, 0.25) is 5.91 Å². The maximum Gasteiger partial charge on any atom is 0.244 e. The number of likely N-dealkylation sites (tertiary alicyclic amines) is 2. The van der Waals surface area contributed by atoms with Crippen molar-refractivity contribution in [1.82, 2.24) is 15.1 Å². The van der Waals surface area contributed by atoms with Crippen LogP contribution in [0.4, 0.5) is 0 Å². The Labute approximate surface area is 140 Å². The maximum atomic E-state index is 12.3. The van der Waals surface area contributed by atoms with E-state index in [1.165, 1.54) is 32.1 Å². The normalized spacial score (nSPS) is 28.7. The molecule has 0 bridgehead atoms. The van der Waals surface area contributed by atoms with Gasteiger partial charge in [0.05, 0.1) is 0 Å². The van der Waals surface area contributed by atoms with E-state index in [1.807, 2.05) is 4.90 Å². The minimum Gasteiger partial charge on any atom is -0.357 e. The maximum absolute atomic E-state index is 12.3. The molecule has 0 spiro atoms. The molecule has 1 N–H and O–H groups in total. The van der Waals surface area contributed by atoms with Crippen molar-refractivity contribution in [1.29, 1.82) is 0 Å². The molecule has 3 rings (SSSR count). The molecular formula is C18H32N4O. The highest BCUT2D eigenvalue weighted by Gasteiger charge is 2.35. The van der Waals surface area contributed by atoms with E-state index in [4.69, 9.17) is 0 Å². The number of piperidine rings is 1. The SMILES string of the molecule is CCNC(=NCC(=O)N1CCCCC1)N1CC2CCCCC2C1. The Balaban J connectivity index is 1.58. The number of rotatable bonds is 3. The van der Waals surface area contributed by atoms with Crippen molar-refractivity contribution in [2.45, 2.75) is 51.9 Å². The van der Waals surface area contributed by atoms with Gasteiger partial charge in [0.1, 0.15) is 6.54 Å². The number of guanidine groups is 1. The molecule has 0 aromatic heterocycles. The first kappa shape index (κ1) is 16.6. The number of amides is 1. The molecule has 23 heavy (non-hydrogen) atoms. The lowest BCUT2D eigenvalue weighted by Crippen LogP contribution is -2.42. The summed E-state index contributed by atoms with van der Waals surface area (Å²) < 4.78 is 0. The van der Waals surface area contributed by atoms with Crippen LogP contribution < -0.4 is 5.32 Å². The molecule has 3 fully saturated rings. The number of nitrogens with one attached hydrogen (secondary N) is 1. The van der Waals surface area contributed by atoms with Crippen molar-refractivity contribution in [3.63, 3.8) is 0 Å². The molecule has 1 aliphatic carbocycles. The minimum atomic E-state index is 0.191. The minimum absolute atomic E-state index is 0.191. The van der Waals surface area contributed by atoms with Crippen LogP contribution in [0.3, 0.4) is 0 Å². The highest BCUT2D eigenvalue weighted by Crippen LogP contribution is 2.35.